The number of hydrogen-bond acceptors (Lipinski definition) is 5. The summed E-state index contributed by atoms with van der Waals surface area (Å²) in [6, 6.07) is -0.864. The number of carbonyl (C=O) groups is 1. The van der Waals surface area contributed by atoms with Gasteiger partial charge in [-0.15, -0.1) is 0 Å². The predicted molar refractivity (Wildman–Crippen MR) is 50.6 cm³/mol. The molecule has 0 aromatic carbocycles. The number of hydroxylamine groups is 1. The monoisotopic (exact) mass is 245 g/mol. The quantitative estimate of drug-likeness (QED) is 0.559. The minimum absolute atomic E-state index is 0.123. The second-order valence-corrected chi connectivity index (χ2v) is 5.24. The van der Waals surface area contributed by atoms with Gasteiger partial charge < -0.3 is 9.42 Å². The van der Waals surface area contributed by atoms with Gasteiger partial charge in [-0.1, -0.05) is 0 Å². The average Bonchev–Trinajstić information content (AvgIpc) is 1.96. The second-order valence-electron chi connectivity index (χ2n) is 2.87. The molecule has 0 aromatic heterocycles. The number of hydrogen-bond donors (Lipinski definition) is 2. The van der Waals surface area contributed by atoms with E-state index in [1.165, 1.54) is 6.92 Å². The molecule has 0 saturated carbocycles. The van der Waals surface area contributed by atoms with E-state index in [-0.39, 0.29) is 6.10 Å². The van der Waals surface area contributed by atoms with Gasteiger partial charge in [-0.3, -0.25) is 4.84 Å². The number of rotatable bonds is 5. The van der Waals surface area contributed by atoms with E-state index in [1.54, 1.807) is 13.8 Å². The van der Waals surface area contributed by atoms with Gasteiger partial charge >= 0.3 is 12.9 Å². The molecule has 84 valence electrons. The van der Waals surface area contributed by atoms with Gasteiger partial charge in [0.15, 0.2) is 0 Å². The van der Waals surface area contributed by atoms with Gasteiger partial charge in [0.2, 0.25) is 0 Å². The second kappa shape index (κ2) is 5.68. The Balaban J connectivity index is 3.95. The Kier molecular flexibility index (Phi) is 5.63. The van der Waals surface area contributed by atoms with Crippen molar-refractivity contribution in [3.05, 3.63) is 0 Å². The number of halogens is 1. The summed E-state index contributed by atoms with van der Waals surface area (Å²) in [7, 11) is 0. The first-order valence-corrected chi connectivity index (χ1v) is 6.37. The Labute approximate surface area is 86.8 Å². The third-order valence-corrected chi connectivity index (χ3v) is 1.65. The van der Waals surface area contributed by atoms with E-state index in [0.717, 1.165) is 0 Å². The van der Waals surface area contributed by atoms with Crippen molar-refractivity contribution in [3.8, 4) is 0 Å². The zero-order valence-corrected chi connectivity index (χ0v) is 9.71. The van der Waals surface area contributed by atoms with Crippen LogP contribution in [0.25, 0.3) is 0 Å². The largest absolute Gasteiger partial charge is 0.476 e. The van der Waals surface area contributed by atoms with Crippen molar-refractivity contribution >= 4 is 24.2 Å². The summed E-state index contributed by atoms with van der Waals surface area (Å²) in [5, 5.41) is 0. The molecule has 0 aliphatic heterocycles. The Bertz CT molecular complexity index is 240. The molecule has 6 nitrogen and oxygen atoms in total. The number of carbonyl (C=O) groups excluding carboxylic acids is 1. The van der Waals surface area contributed by atoms with Gasteiger partial charge in [0, 0.05) is 11.2 Å². The van der Waals surface area contributed by atoms with Crippen LogP contribution in [0.5, 0.6) is 0 Å². The van der Waals surface area contributed by atoms with Crippen LogP contribution in [-0.2, 0) is 18.7 Å². The highest BCUT2D eigenvalue weighted by Gasteiger charge is 2.24. The van der Waals surface area contributed by atoms with E-state index in [9.17, 15) is 9.36 Å². The highest BCUT2D eigenvalue weighted by molar-refractivity contribution is 7.80. The van der Waals surface area contributed by atoms with Crippen molar-refractivity contribution in [1.29, 1.82) is 0 Å². The van der Waals surface area contributed by atoms with Crippen molar-refractivity contribution in [2.45, 2.75) is 32.9 Å². The Morgan fingerprint density at radius 1 is 1.50 bits per heavy atom. The topological polar surface area (TPSA) is 84.9 Å². The van der Waals surface area contributed by atoms with E-state index in [4.69, 9.17) is 21.0 Å². The molecule has 0 aliphatic carbocycles. The van der Waals surface area contributed by atoms with E-state index in [1.807, 2.05) is 0 Å². The van der Waals surface area contributed by atoms with Crippen LogP contribution in [0.1, 0.15) is 20.8 Å². The first-order chi connectivity index (χ1) is 6.22. The highest BCUT2D eigenvalue weighted by Crippen LogP contribution is 2.47. The molecular formula is C6H13ClNO5P. The third kappa shape index (κ3) is 7.29. The lowest BCUT2D eigenvalue weighted by Gasteiger charge is -2.14. The summed E-state index contributed by atoms with van der Waals surface area (Å²) in [6.45, 7) is 0.625. The van der Waals surface area contributed by atoms with Crippen LogP contribution in [0.3, 0.4) is 0 Å². The smallest absolute Gasteiger partial charge is 0.379 e. The minimum atomic E-state index is -4.30. The van der Waals surface area contributed by atoms with Crippen molar-refractivity contribution in [2.24, 2.45) is 0 Å². The van der Waals surface area contributed by atoms with Gasteiger partial charge in [-0.2, -0.15) is 5.48 Å². The zero-order valence-electron chi connectivity index (χ0n) is 8.06. The van der Waals surface area contributed by atoms with Crippen molar-refractivity contribution in [2.75, 3.05) is 0 Å². The van der Waals surface area contributed by atoms with Crippen LogP contribution >= 0.6 is 18.2 Å². The van der Waals surface area contributed by atoms with Crippen LogP contribution in [0.2, 0.25) is 0 Å². The SMILES string of the molecule is CC(C)ONC(C)C(=O)OP(=O)(O)Cl. The molecule has 0 saturated heterocycles. The van der Waals surface area contributed by atoms with Crippen molar-refractivity contribution < 1.29 is 23.6 Å². The molecule has 2 unspecified atom stereocenters. The van der Waals surface area contributed by atoms with Gasteiger partial charge in [-0.25, -0.2) is 9.36 Å². The van der Waals surface area contributed by atoms with Crippen molar-refractivity contribution in [3.63, 3.8) is 0 Å². The molecular weight excluding hydrogens is 232 g/mol. The van der Waals surface area contributed by atoms with E-state index >= 15 is 0 Å². The fourth-order valence-corrected chi connectivity index (χ4v) is 1.06. The molecule has 0 aromatic rings. The van der Waals surface area contributed by atoms with E-state index < -0.39 is 19.0 Å². The minimum Gasteiger partial charge on any atom is -0.379 e. The lowest BCUT2D eigenvalue weighted by atomic mass is 10.4. The van der Waals surface area contributed by atoms with Crippen LogP contribution in [0, 0.1) is 0 Å². The summed E-state index contributed by atoms with van der Waals surface area (Å²) < 4.78 is 14.5. The summed E-state index contributed by atoms with van der Waals surface area (Å²) >= 11 is 4.83. The van der Waals surface area contributed by atoms with E-state index in [2.05, 4.69) is 10.0 Å². The summed E-state index contributed by atoms with van der Waals surface area (Å²) in [4.78, 5) is 24.4. The molecule has 0 rings (SSSR count). The molecule has 0 heterocycles. The molecule has 8 heteroatoms. The molecule has 0 spiro atoms. The molecule has 2 N–H and O–H groups in total. The van der Waals surface area contributed by atoms with Crippen LogP contribution in [0.4, 0.5) is 0 Å². The van der Waals surface area contributed by atoms with Gasteiger partial charge in [-0.05, 0) is 20.8 Å². The summed E-state index contributed by atoms with van der Waals surface area (Å²) in [5.74, 6) is -0.952. The summed E-state index contributed by atoms with van der Waals surface area (Å²) in [6.07, 6.45) is -0.123. The molecule has 0 radical (unpaired) electrons. The predicted octanol–water partition coefficient (Wildman–Crippen LogP) is 1.19. The number of nitrogens with one attached hydrogen (secondary N) is 1. The lowest BCUT2D eigenvalue weighted by Crippen LogP contribution is -2.36. The van der Waals surface area contributed by atoms with Gasteiger partial charge in [0.05, 0.1) is 6.10 Å². The van der Waals surface area contributed by atoms with Crippen molar-refractivity contribution in [1.82, 2.24) is 5.48 Å². The third-order valence-electron chi connectivity index (χ3n) is 1.04. The van der Waals surface area contributed by atoms with Gasteiger partial charge in [0.1, 0.15) is 6.04 Å². The maximum Gasteiger partial charge on any atom is 0.476 e. The van der Waals surface area contributed by atoms with Crippen LogP contribution < -0.4 is 5.48 Å². The lowest BCUT2D eigenvalue weighted by molar-refractivity contribution is -0.142. The summed E-state index contributed by atoms with van der Waals surface area (Å²) in [5.41, 5.74) is 2.34. The molecule has 0 bridgehead atoms. The molecule has 0 amide bonds. The Morgan fingerprint density at radius 3 is 2.36 bits per heavy atom. The molecule has 14 heavy (non-hydrogen) atoms. The first-order valence-electron chi connectivity index (χ1n) is 3.89. The Morgan fingerprint density at radius 2 is 2.00 bits per heavy atom. The molecule has 2 atom stereocenters. The maximum atomic E-state index is 11.0. The fraction of sp³-hybridized carbons (Fsp3) is 0.833. The van der Waals surface area contributed by atoms with Crippen LogP contribution in [0.15, 0.2) is 0 Å². The average molecular weight is 246 g/mol. The van der Waals surface area contributed by atoms with Crippen LogP contribution in [-0.4, -0.2) is 23.0 Å². The Hall–Kier alpha value is -0.130. The molecule has 0 fully saturated rings. The van der Waals surface area contributed by atoms with E-state index in [0.29, 0.717) is 0 Å². The fourth-order valence-electron chi connectivity index (χ4n) is 0.476. The zero-order chi connectivity index (χ0) is 11.4. The maximum absolute atomic E-state index is 11.0. The molecule has 0 aliphatic rings. The normalized spacial score (nSPS) is 17.6. The first kappa shape index (κ1) is 13.9. The van der Waals surface area contributed by atoms with Gasteiger partial charge in [0.25, 0.3) is 0 Å². The highest BCUT2D eigenvalue weighted by atomic mass is 35.7. The standard InChI is InChI=1S/C6H13ClNO5P/c1-4(2)12-8-5(3)6(9)13-14(7,10)11/h4-5,8H,1-3H3,(H,10,11).